The zero-order valence-electron chi connectivity index (χ0n) is 10.8. The van der Waals surface area contributed by atoms with Crippen molar-refractivity contribution in [3.05, 3.63) is 11.5 Å². The van der Waals surface area contributed by atoms with Crippen molar-refractivity contribution in [1.82, 2.24) is 9.97 Å². The van der Waals surface area contributed by atoms with Crippen LogP contribution in [0.25, 0.3) is 0 Å². The van der Waals surface area contributed by atoms with Gasteiger partial charge in [0.2, 0.25) is 0 Å². The van der Waals surface area contributed by atoms with E-state index in [0.717, 1.165) is 37.4 Å². The molecule has 0 bridgehead atoms. The van der Waals surface area contributed by atoms with E-state index in [0.29, 0.717) is 5.15 Å². The van der Waals surface area contributed by atoms with Crippen LogP contribution in [-0.4, -0.2) is 41.8 Å². The molecule has 100 valence electrons. The van der Waals surface area contributed by atoms with Crippen LogP contribution in [-0.2, 0) is 0 Å². The average Bonchev–Trinajstić information content (AvgIpc) is 2.39. The van der Waals surface area contributed by atoms with Gasteiger partial charge in [0, 0.05) is 26.7 Å². The molecule has 2 rings (SSSR count). The molecule has 0 spiro atoms. The van der Waals surface area contributed by atoms with E-state index in [-0.39, 0.29) is 12.0 Å². The minimum atomic E-state index is 0.0349. The number of nitrogens with one attached hydrogen (secondary N) is 1. The average molecular weight is 271 g/mol. The smallest absolute Gasteiger partial charge is 0.157 e. The number of hydrogen-bond donors (Lipinski definition) is 2. The van der Waals surface area contributed by atoms with Crippen LogP contribution < -0.4 is 10.2 Å². The first-order valence-electron chi connectivity index (χ1n) is 6.14. The Labute approximate surface area is 112 Å². The first-order valence-corrected chi connectivity index (χ1v) is 6.51. The number of aliphatic hydroxyl groups is 1. The van der Waals surface area contributed by atoms with E-state index in [9.17, 15) is 5.11 Å². The second kappa shape index (κ2) is 5.28. The lowest BCUT2D eigenvalue weighted by Crippen LogP contribution is -2.41. The molecule has 6 heteroatoms. The van der Waals surface area contributed by atoms with Crippen molar-refractivity contribution < 1.29 is 5.11 Å². The molecule has 0 aromatic carbocycles. The number of halogens is 1. The van der Waals surface area contributed by atoms with Crippen molar-refractivity contribution in [2.75, 3.05) is 37.0 Å². The van der Waals surface area contributed by atoms with Gasteiger partial charge in [-0.15, -0.1) is 0 Å². The van der Waals surface area contributed by atoms with Crippen molar-refractivity contribution in [1.29, 1.82) is 0 Å². The summed E-state index contributed by atoms with van der Waals surface area (Å²) in [6.45, 7) is 4.11. The molecule has 1 aromatic heterocycles. The lowest BCUT2D eigenvalue weighted by Gasteiger charge is -2.39. The van der Waals surface area contributed by atoms with Gasteiger partial charge in [-0.05, 0) is 18.3 Å². The fourth-order valence-corrected chi connectivity index (χ4v) is 2.45. The number of rotatable bonds is 3. The van der Waals surface area contributed by atoms with Crippen molar-refractivity contribution >= 4 is 23.1 Å². The molecule has 2 N–H and O–H groups in total. The van der Waals surface area contributed by atoms with Gasteiger partial charge in [0.25, 0.3) is 0 Å². The van der Waals surface area contributed by atoms with Crippen molar-refractivity contribution in [3.63, 3.8) is 0 Å². The van der Waals surface area contributed by atoms with Gasteiger partial charge in [0.1, 0.15) is 12.0 Å². The van der Waals surface area contributed by atoms with Crippen molar-refractivity contribution in [2.24, 2.45) is 5.41 Å². The van der Waals surface area contributed by atoms with E-state index in [1.54, 1.807) is 0 Å². The van der Waals surface area contributed by atoms with Crippen molar-refractivity contribution in [3.8, 4) is 0 Å². The number of aliphatic hydroxyl groups excluding tert-OH is 1. The summed E-state index contributed by atoms with van der Waals surface area (Å²) in [7, 11) is 1.82. The summed E-state index contributed by atoms with van der Waals surface area (Å²) in [6, 6.07) is 0. The van der Waals surface area contributed by atoms with Crippen molar-refractivity contribution in [2.45, 2.75) is 19.8 Å². The topological polar surface area (TPSA) is 61.3 Å². The number of anilines is 2. The molecule has 0 amide bonds. The van der Waals surface area contributed by atoms with E-state index in [1.807, 2.05) is 7.05 Å². The molecule has 2 heterocycles. The second-order valence-electron chi connectivity index (χ2n) is 5.07. The highest BCUT2D eigenvalue weighted by Crippen LogP contribution is 2.35. The van der Waals surface area contributed by atoms with Crippen LogP contribution in [0, 0.1) is 5.41 Å². The quantitative estimate of drug-likeness (QED) is 0.820. The monoisotopic (exact) mass is 270 g/mol. The third-order valence-corrected chi connectivity index (χ3v) is 3.97. The first kappa shape index (κ1) is 13.4. The van der Waals surface area contributed by atoms with Gasteiger partial charge in [0.15, 0.2) is 11.0 Å². The number of hydrogen-bond acceptors (Lipinski definition) is 5. The summed E-state index contributed by atoms with van der Waals surface area (Å²) in [5.74, 6) is 0.845. The zero-order chi connectivity index (χ0) is 13.2. The van der Waals surface area contributed by atoms with Gasteiger partial charge in [-0.1, -0.05) is 18.5 Å². The number of piperidine rings is 1. The largest absolute Gasteiger partial charge is 0.396 e. The van der Waals surface area contributed by atoms with Crippen LogP contribution in [0.1, 0.15) is 19.8 Å². The number of aromatic nitrogens is 2. The lowest BCUT2D eigenvalue weighted by atomic mass is 9.81. The molecule has 0 saturated carbocycles. The summed E-state index contributed by atoms with van der Waals surface area (Å²) in [5.41, 5.74) is 0.805. The zero-order valence-corrected chi connectivity index (χ0v) is 11.5. The number of nitrogens with zero attached hydrogens (tertiary/aromatic N) is 3. The molecule has 18 heavy (non-hydrogen) atoms. The van der Waals surface area contributed by atoms with Gasteiger partial charge in [-0.2, -0.15) is 0 Å². The van der Waals surface area contributed by atoms with E-state index in [2.05, 4.69) is 27.1 Å². The summed E-state index contributed by atoms with van der Waals surface area (Å²) in [6.07, 6.45) is 3.39. The summed E-state index contributed by atoms with van der Waals surface area (Å²) in [5, 5.41) is 12.9. The molecule has 5 nitrogen and oxygen atoms in total. The first-order chi connectivity index (χ1) is 8.59. The molecular formula is C12H19ClN4O. The standard InChI is InChI=1S/C12H19ClN4O/c1-12(7-18)3-5-17(6-4-12)11-9(14-2)10(13)15-8-16-11/h8,14,18H,3-7H2,1-2H3. The predicted molar refractivity (Wildman–Crippen MR) is 73.2 cm³/mol. The fraction of sp³-hybridized carbons (Fsp3) is 0.667. The van der Waals surface area contributed by atoms with Crippen LogP contribution >= 0.6 is 11.6 Å². The highest BCUT2D eigenvalue weighted by molar-refractivity contribution is 6.32. The maximum atomic E-state index is 9.37. The maximum Gasteiger partial charge on any atom is 0.157 e. The van der Waals surface area contributed by atoms with E-state index >= 15 is 0 Å². The molecule has 0 atom stereocenters. The Bertz CT molecular complexity index is 419. The SMILES string of the molecule is CNc1c(Cl)ncnc1N1CCC(C)(CO)CC1. The molecule has 1 aliphatic rings. The van der Waals surface area contributed by atoms with Crippen LogP contribution in [0.15, 0.2) is 6.33 Å². The minimum Gasteiger partial charge on any atom is -0.396 e. The summed E-state index contributed by atoms with van der Waals surface area (Å²) < 4.78 is 0. The minimum absolute atomic E-state index is 0.0349. The Morgan fingerprint density at radius 2 is 2.11 bits per heavy atom. The third-order valence-electron chi connectivity index (χ3n) is 3.68. The Balaban J connectivity index is 2.17. The van der Waals surface area contributed by atoms with Gasteiger partial charge in [-0.3, -0.25) is 0 Å². The van der Waals surface area contributed by atoms with E-state index in [4.69, 9.17) is 11.6 Å². The second-order valence-corrected chi connectivity index (χ2v) is 5.43. The van der Waals surface area contributed by atoms with Gasteiger partial charge in [0.05, 0.1) is 0 Å². The molecule has 0 aliphatic carbocycles. The molecule has 0 unspecified atom stereocenters. The van der Waals surface area contributed by atoms with E-state index in [1.165, 1.54) is 6.33 Å². The Hall–Kier alpha value is -1.07. The summed E-state index contributed by atoms with van der Waals surface area (Å²) in [4.78, 5) is 10.5. The van der Waals surface area contributed by atoms with Gasteiger partial charge in [-0.25, -0.2) is 9.97 Å². The van der Waals surface area contributed by atoms with Crippen LogP contribution in [0.4, 0.5) is 11.5 Å². The molecule has 1 saturated heterocycles. The van der Waals surface area contributed by atoms with Crippen LogP contribution in [0.5, 0.6) is 0 Å². The maximum absolute atomic E-state index is 9.37. The predicted octanol–water partition coefficient (Wildman–Crippen LogP) is 1.77. The highest BCUT2D eigenvalue weighted by atomic mass is 35.5. The normalized spacial score (nSPS) is 18.8. The Kier molecular flexibility index (Phi) is 3.92. The Morgan fingerprint density at radius 3 is 2.67 bits per heavy atom. The Morgan fingerprint density at radius 1 is 1.44 bits per heavy atom. The van der Waals surface area contributed by atoms with Crippen LogP contribution in [0.3, 0.4) is 0 Å². The molecule has 1 aliphatic heterocycles. The van der Waals surface area contributed by atoms with Crippen LogP contribution in [0.2, 0.25) is 5.15 Å². The molecule has 1 aromatic rings. The summed E-state index contributed by atoms with van der Waals surface area (Å²) >= 11 is 6.05. The van der Waals surface area contributed by atoms with Gasteiger partial charge >= 0.3 is 0 Å². The molecule has 1 fully saturated rings. The highest BCUT2D eigenvalue weighted by Gasteiger charge is 2.30. The third kappa shape index (κ3) is 2.52. The lowest BCUT2D eigenvalue weighted by molar-refractivity contribution is 0.114. The van der Waals surface area contributed by atoms with Gasteiger partial charge < -0.3 is 15.3 Å². The molecule has 0 radical (unpaired) electrons. The fourth-order valence-electron chi connectivity index (χ4n) is 2.23. The van der Waals surface area contributed by atoms with E-state index < -0.39 is 0 Å². The molecular weight excluding hydrogens is 252 g/mol.